The van der Waals surface area contributed by atoms with E-state index in [1.807, 2.05) is 0 Å². The molecule has 2 aliphatic carbocycles. The van der Waals surface area contributed by atoms with Gasteiger partial charge in [-0.05, 0) is 51.8 Å². The molecule has 0 fully saturated rings. The molecule has 0 radical (unpaired) electrons. The number of allylic oxidation sites excluding steroid dienone is 3. The summed E-state index contributed by atoms with van der Waals surface area (Å²) in [5.41, 5.74) is 9.65. The van der Waals surface area contributed by atoms with E-state index in [1.54, 1.807) is 0 Å². The average Bonchev–Trinajstić information content (AvgIpc) is 2.73. The summed E-state index contributed by atoms with van der Waals surface area (Å²) in [6, 6.07) is 17.4. The maximum absolute atomic E-state index is 4.32. The molecule has 86 valence electrons. The Kier molecular flexibility index (Phi) is 1.90. The number of rotatable bonds is 0. The van der Waals surface area contributed by atoms with E-state index in [-0.39, 0.29) is 0 Å². The van der Waals surface area contributed by atoms with Crippen LogP contribution >= 0.6 is 0 Å². The van der Waals surface area contributed by atoms with E-state index >= 15 is 0 Å². The molecule has 0 spiro atoms. The topological polar surface area (TPSA) is 0 Å². The Bertz CT molecular complexity index is 701. The summed E-state index contributed by atoms with van der Waals surface area (Å²) in [6.45, 7) is 4.32. The monoisotopic (exact) mass is 230 g/mol. The van der Waals surface area contributed by atoms with Crippen LogP contribution in [-0.2, 0) is 6.42 Å². The lowest BCUT2D eigenvalue weighted by molar-refractivity contribution is 1.000. The molecule has 4 rings (SSSR count). The van der Waals surface area contributed by atoms with Crippen molar-refractivity contribution in [1.29, 1.82) is 0 Å². The third kappa shape index (κ3) is 1.15. The second kappa shape index (κ2) is 3.46. The van der Waals surface area contributed by atoms with Crippen LogP contribution in [0.25, 0.3) is 16.7 Å². The molecule has 0 saturated carbocycles. The fourth-order valence-corrected chi connectivity index (χ4v) is 3.29. The molecule has 2 aromatic carbocycles. The highest BCUT2D eigenvalue weighted by Crippen LogP contribution is 2.50. The highest BCUT2D eigenvalue weighted by Gasteiger charge is 2.29. The Balaban J connectivity index is 2.03. The summed E-state index contributed by atoms with van der Waals surface area (Å²) in [5, 5.41) is 0. The quantitative estimate of drug-likeness (QED) is 0.622. The van der Waals surface area contributed by atoms with E-state index in [2.05, 4.69) is 55.1 Å². The fourth-order valence-electron chi connectivity index (χ4n) is 3.29. The van der Waals surface area contributed by atoms with Crippen molar-refractivity contribution in [1.82, 2.24) is 0 Å². The first-order valence-corrected chi connectivity index (χ1v) is 6.47. The van der Waals surface area contributed by atoms with Gasteiger partial charge in [-0.1, -0.05) is 55.1 Å². The summed E-state index contributed by atoms with van der Waals surface area (Å²) >= 11 is 0. The van der Waals surface area contributed by atoms with Gasteiger partial charge in [-0.2, -0.15) is 0 Å². The third-order valence-corrected chi connectivity index (χ3v) is 4.11. The lowest BCUT2D eigenvalue weighted by atomic mass is 9.85. The Labute approximate surface area is 107 Å². The van der Waals surface area contributed by atoms with Crippen LogP contribution in [0.1, 0.15) is 28.7 Å². The van der Waals surface area contributed by atoms with Crippen molar-refractivity contribution in [3.05, 3.63) is 77.4 Å². The molecule has 0 unspecified atom stereocenters. The van der Waals surface area contributed by atoms with Crippen LogP contribution in [0.15, 0.2) is 55.1 Å². The molecule has 0 heteroatoms. The van der Waals surface area contributed by atoms with Crippen molar-refractivity contribution in [3.63, 3.8) is 0 Å². The lowest BCUT2D eigenvalue weighted by Gasteiger charge is -2.19. The van der Waals surface area contributed by atoms with E-state index in [0.29, 0.717) is 0 Å². The molecule has 0 saturated heterocycles. The molecule has 0 heterocycles. The van der Waals surface area contributed by atoms with Crippen LogP contribution in [0, 0.1) is 0 Å². The second-order valence-electron chi connectivity index (χ2n) is 5.03. The van der Waals surface area contributed by atoms with Crippen molar-refractivity contribution in [3.8, 4) is 0 Å². The van der Waals surface area contributed by atoms with Gasteiger partial charge < -0.3 is 0 Å². The molecule has 2 aromatic rings. The van der Waals surface area contributed by atoms with Gasteiger partial charge >= 0.3 is 0 Å². The van der Waals surface area contributed by atoms with Gasteiger partial charge in [0.25, 0.3) is 0 Å². The van der Waals surface area contributed by atoms with Gasteiger partial charge in [-0.25, -0.2) is 0 Å². The van der Waals surface area contributed by atoms with Crippen molar-refractivity contribution < 1.29 is 0 Å². The number of hydrogen-bond acceptors (Lipinski definition) is 0. The molecule has 0 bridgehead atoms. The zero-order valence-corrected chi connectivity index (χ0v) is 10.2. The third-order valence-electron chi connectivity index (χ3n) is 4.11. The maximum Gasteiger partial charge on any atom is -0.00700 e. The highest BCUT2D eigenvalue weighted by molar-refractivity contribution is 6.21. The Morgan fingerprint density at radius 2 is 1.39 bits per heavy atom. The molecule has 0 N–H and O–H groups in total. The van der Waals surface area contributed by atoms with Crippen LogP contribution in [0.4, 0.5) is 0 Å². The van der Waals surface area contributed by atoms with Gasteiger partial charge in [0.2, 0.25) is 0 Å². The Morgan fingerprint density at radius 3 is 2.22 bits per heavy atom. The average molecular weight is 230 g/mol. The van der Waals surface area contributed by atoms with Gasteiger partial charge in [0, 0.05) is 0 Å². The predicted octanol–water partition coefficient (Wildman–Crippen LogP) is 4.57. The number of aryl methyl sites for hydroxylation is 1. The number of fused-ring (bicyclic) bond motifs is 4. The molecule has 0 nitrogen and oxygen atoms in total. The Hall–Kier alpha value is -2.08. The van der Waals surface area contributed by atoms with Gasteiger partial charge in [0.15, 0.2) is 0 Å². The lowest BCUT2D eigenvalue weighted by Crippen LogP contribution is -2.00. The minimum absolute atomic E-state index is 1.14. The van der Waals surface area contributed by atoms with Crippen molar-refractivity contribution >= 4 is 16.7 Å². The zero-order chi connectivity index (χ0) is 12.1. The van der Waals surface area contributed by atoms with Crippen LogP contribution in [0.2, 0.25) is 0 Å². The number of benzene rings is 2. The van der Waals surface area contributed by atoms with E-state index in [0.717, 1.165) is 12.8 Å². The molecule has 0 aromatic heterocycles. The van der Waals surface area contributed by atoms with Gasteiger partial charge in [-0.3, -0.25) is 0 Å². The molecule has 0 atom stereocenters. The normalized spacial score (nSPS) is 16.3. The largest absolute Gasteiger partial charge is 0.0905 e. The molecular weight excluding hydrogens is 216 g/mol. The van der Waals surface area contributed by atoms with Crippen LogP contribution < -0.4 is 0 Å². The van der Waals surface area contributed by atoms with Crippen molar-refractivity contribution in [2.45, 2.75) is 12.8 Å². The van der Waals surface area contributed by atoms with E-state index in [1.165, 1.54) is 39.0 Å². The first kappa shape index (κ1) is 9.90. The van der Waals surface area contributed by atoms with Crippen LogP contribution in [0.3, 0.4) is 0 Å². The van der Waals surface area contributed by atoms with Gasteiger partial charge in [-0.15, -0.1) is 0 Å². The zero-order valence-electron chi connectivity index (χ0n) is 10.2. The molecule has 0 aliphatic heterocycles. The first-order valence-electron chi connectivity index (χ1n) is 6.47. The minimum Gasteiger partial charge on any atom is -0.0905 e. The van der Waals surface area contributed by atoms with Gasteiger partial charge in [0.1, 0.15) is 0 Å². The van der Waals surface area contributed by atoms with Crippen LogP contribution in [0.5, 0.6) is 0 Å². The smallest absolute Gasteiger partial charge is 0.00700 e. The second-order valence-corrected chi connectivity index (χ2v) is 5.03. The van der Waals surface area contributed by atoms with Crippen LogP contribution in [-0.4, -0.2) is 0 Å². The highest BCUT2D eigenvalue weighted by atomic mass is 14.3. The minimum atomic E-state index is 1.14. The standard InChI is InChI=1S/C18H14/c1-12-14-7-4-5-9-16(14)17-11-10-13-6-2-3-8-15(13)18(12)17/h2-9H,1,10-11H2. The molecule has 2 aliphatic rings. The molecular formula is C18H14. The SMILES string of the molecule is C=C1C2=C(CCc3ccccc32)c2ccccc21. The van der Waals surface area contributed by atoms with E-state index in [4.69, 9.17) is 0 Å². The Morgan fingerprint density at radius 1 is 0.722 bits per heavy atom. The van der Waals surface area contributed by atoms with E-state index in [9.17, 15) is 0 Å². The summed E-state index contributed by atoms with van der Waals surface area (Å²) in [5.74, 6) is 0. The predicted molar refractivity (Wildman–Crippen MR) is 77.1 cm³/mol. The molecule has 18 heavy (non-hydrogen) atoms. The van der Waals surface area contributed by atoms with Crippen molar-refractivity contribution in [2.24, 2.45) is 0 Å². The first-order chi connectivity index (χ1) is 8.86. The molecule has 0 amide bonds. The summed E-state index contributed by atoms with van der Waals surface area (Å²) in [6.07, 6.45) is 2.29. The van der Waals surface area contributed by atoms with Crippen molar-refractivity contribution in [2.75, 3.05) is 0 Å². The van der Waals surface area contributed by atoms with E-state index < -0.39 is 0 Å². The number of hydrogen-bond donors (Lipinski definition) is 0. The maximum atomic E-state index is 4.32. The summed E-state index contributed by atoms with van der Waals surface area (Å²) in [7, 11) is 0. The van der Waals surface area contributed by atoms with Gasteiger partial charge in [0.05, 0.1) is 0 Å². The summed E-state index contributed by atoms with van der Waals surface area (Å²) in [4.78, 5) is 0. The summed E-state index contributed by atoms with van der Waals surface area (Å²) < 4.78 is 0. The fraction of sp³-hybridized carbons (Fsp3) is 0.111.